The van der Waals surface area contributed by atoms with Gasteiger partial charge in [0.1, 0.15) is 23.4 Å². The summed E-state index contributed by atoms with van der Waals surface area (Å²) in [4.78, 5) is 58.1. The minimum atomic E-state index is -0.539. The molecule has 1 aromatic heterocycles. The Bertz CT molecular complexity index is 1920. The maximum Gasteiger partial charge on any atom is 0.347 e. The van der Waals surface area contributed by atoms with E-state index in [4.69, 9.17) is 14.2 Å². The van der Waals surface area contributed by atoms with Crippen LogP contribution in [0.2, 0.25) is 0 Å². The lowest BCUT2D eigenvalue weighted by atomic mass is 9.99. The summed E-state index contributed by atoms with van der Waals surface area (Å²) in [5, 5.41) is 6.01. The van der Waals surface area contributed by atoms with Crippen molar-refractivity contribution < 1.29 is 28.6 Å². The minimum absolute atomic E-state index is 0.111. The van der Waals surface area contributed by atoms with Crippen LogP contribution in [-0.2, 0) is 22.7 Å². The molecule has 0 spiro atoms. The first kappa shape index (κ1) is 33.3. The van der Waals surface area contributed by atoms with E-state index in [0.29, 0.717) is 53.6 Å². The van der Waals surface area contributed by atoms with Gasteiger partial charge in [0.05, 0.1) is 13.2 Å². The molecule has 2 atom stereocenters. The highest BCUT2D eigenvalue weighted by Crippen LogP contribution is 2.33. The van der Waals surface area contributed by atoms with Crippen LogP contribution in [0, 0.1) is 13.8 Å². The van der Waals surface area contributed by atoms with Gasteiger partial charge in [-0.15, -0.1) is 0 Å². The van der Waals surface area contributed by atoms with Crippen molar-refractivity contribution in [2.24, 2.45) is 0 Å². The number of likely N-dealkylation sites (tertiary alicyclic amines) is 1. The van der Waals surface area contributed by atoms with Crippen molar-refractivity contribution in [1.82, 2.24) is 25.1 Å². The number of methoxy groups -OCH3 is 1. The van der Waals surface area contributed by atoms with Gasteiger partial charge in [-0.25, -0.2) is 4.79 Å². The first-order valence-electron chi connectivity index (χ1n) is 16.2. The van der Waals surface area contributed by atoms with Crippen LogP contribution < -0.4 is 30.5 Å². The first-order chi connectivity index (χ1) is 23.7. The molecule has 0 saturated carbocycles. The molecule has 0 radical (unpaired) electrons. The van der Waals surface area contributed by atoms with E-state index in [2.05, 4.69) is 15.6 Å². The third kappa shape index (κ3) is 7.91. The molecule has 49 heavy (non-hydrogen) atoms. The fourth-order valence-electron chi connectivity index (χ4n) is 6.19. The molecule has 4 aromatic rings. The number of benzene rings is 3. The van der Waals surface area contributed by atoms with Gasteiger partial charge in [0, 0.05) is 61.5 Å². The maximum absolute atomic E-state index is 13.9. The number of aromatic nitrogens is 2. The number of nitrogens with zero attached hydrogens (tertiary/aromatic N) is 3. The van der Waals surface area contributed by atoms with Crippen LogP contribution in [0.25, 0.3) is 11.1 Å². The quantitative estimate of drug-likeness (QED) is 0.338. The van der Waals surface area contributed by atoms with Crippen molar-refractivity contribution in [3.63, 3.8) is 0 Å². The number of hydrogen-bond acceptors (Lipinski definition) is 8. The molecule has 3 aliphatic rings. The third-order valence-electron chi connectivity index (χ3n) is 8.79. The SMILES string of the molecule is COc1ccc2cc1-c1cccc(c1)OCC(=O)NCc1ccc(cc1)O[C@@H]1CCN(C(=O)CCn3c(C)cc(C)nc3=O)C[C@H]1NC2=O. The Morgan fingerprint density at radius 3 is 2.57 bits per heavy atom. The summed E-state index contributed by atoms with van der Waals surface area (Å²) in [5.41, 5.74) is 3.68. The highest BCUT2D eigenvalue weighted by molar-refractivity contribution is 5.96. The zero-order valence-electron chi connectivity index (χ0n) is 27.7. The van der Waals surface area contributed by atoms with E-state index in [1.165, 1.54) is 4.57 Å². The third-order valence-corrected chi connectivity index (χ3v) is 8.79. The monoisotopic (exact) mass is 665 g/mol. The van der Waals surface area contributed by atoms with Gasteiger partial charge in [0.15, 0.2) is 6.61 Å². The van der Waals surface area contributed by atoms with Gasteiger partial charge in [-0.05, 0) is 73.5 Å². The molecule has 12 heteroatoms. The summed E-state index contributed by atoms with van der Waals surface area (Å²) >= 11 is 0. The maximum atomic E-state index is 13.9. The molecule has 254 valence electrons. The van der Waals surface area contributed by atoms with E-state index in [1.54, 1.807) is 49.3 Å². The zero-order chi connectivity index (χ0) is 34.5. The van der Waals surface area contributed by atoms with Crippen LogP contribution in [0.1, 0.15) is 40.2 Å². The number of carbonyl (C=O) groups is 3. The molecule has 6 bridgehead atoms. The standard InChI is InChI=1S/C37H39N5O7/c1-23-17-24(2)42(37(46)39-23)16-14-35(44)41-15-13-33-31(21-41)40-36(45)27-9-12-32(47-3)30(19-27)26-5-4-6-29(18-26)48-22-34(43)38-20-25-7-10-28(49-33)11-8-25/h4-12,17-19,31,33H,13-16,20-22H2,1-3H3,(H,38,43)(H,40,45)/t31-,33-/m1/s1. The lowest BCUT2D eigenvalue weighted by Crippen LogP contribution is -2.58. The van der Waals surface area contributed by atoms with Crippen molar-refractivity contribution in [2.45, 2.75) is 51.9 Å². The Labute approximate surface area is 284 Å². The predicted octanol–water partition coefficient (Wildman–Crippen LogP) is 3.41. The van der Waals surface area contributed by atoms with Crippen molar-refractivity contribution in [3.05, 3.63) is 106 Å². The summed E-state index contributed by atoms with van der Waals surface area (Å²) in [7, 11) is 1.56. The molecule has 3 aliphatic heterocycles. The Hall–Kier alpha value is -5.65. The minimum Gasteiger partial charge on any atom is -0.496 e. The Kier molecular flexibility index (Phi) is 9.93. The molecular weight excluding hydrogens is 626 g/mol. The number of piperidine rings is 1. The van der Waals surface area contributed by atoms with Gasteiger partial charge >= 0.3 is 5.69 Å². The Morgan fingerprint density at radius 2 is 1.80 bits per heavy atom. The number of ether oxygens (including phenoxy) is 3. The van der Waals surface area contributed by atoms with Crippen molar-refractivity contribution in [2.75, 3.05) is 26.8 Å². The smallest absolute Gasteiger partial charge is 0.347 e. The summed E-state index contributed by atoms with van der Waals surface area (Å²) in [6.07, 6.45) is 0.155. The zero-order valence-corrected chi connectivity index (χ0v) is 27.7. The van der Waals surface area contributed by atoms with Crippen LogP contribution in [0.15, 0.2) is 77.6 Å². The summed E-state index contributed by atoms with van der Waals surface area (Å²) in [5.74, 6) is 0.922. The fraction of sp³-hybridized carbons (Fsp3) is 0.324. The second-order valence-electron chi connectivity index (χ2n) is 12.2. The van der Waals surface area contributed by atoms with Gasteiger partial charge in [0.25, 0.3) is 11.8 Å². The van der Waals surface area contributed by atoms with E-state index < -0.39 is 12.1 Å². The molecule has 1 fully saturated rings. The number of fused-ring (bicyclic) bond motifs is 7. The molecule has 0 aliphatic carbocycles. The summed E-state index contributed by atoms with van der Waals surface area (Å²) in [6, 6.07) is 21.1. The highest BCUT2D eigenvalue weighted by Gasteiger charge is 2.34. The van der Waals surface area contributed by atoms with E-state index in [1.807, 2.05) is 49.4 Å². The van der Waals surface area contributed by atoms with Gasteiger partial charge < -0.3 is 29.7 Å². The number of aryl methyl sites for hydroxylation is 2. The van der Waals surface area contributed by atoms with Gasteiger partial charge in [-0.1, -0.05) is 24.3 Å². The lowest BCUT2D eigenvalue weighted by molar-refractivity contribution is -0.134. The normalized spacial score (nSPS) is 17.9. The number of carbonyl (C=O) groups excluding carboxylic acids is 3. The number of nitrogens with one attached hydrogen (secondary N) is 2. The van der Waals surface area contributed by atoms with Gasteiger partial charge in [-0.3, -0.25) is 19.0 Å². The van der Waals surface area contributed by atoms with Crippen molar-refractivity contribution in [1.29, 1.82) is 0 Å². The fourth-order valence-corrected chi connectivity index (χ4v) is 6.19. The molecule has 1 saturated heterocycles. The lowest BCUT2D eigenvalue weighted by Gasteiger charge is -2.39. The highest BCUT2D eigenvalue weighted by atomic mass is 16.5. The van der Waals surface area contributed by atoms with E-state index >= 15 is 0 Å². The van der Waals surface area contributed by atoms with Crippen molar-refractivity contribution in [3.8, 4) is 28.4 Å². The average molecular weight is 666 g/mol. The van der Waals surface area contributed by atoms with Crippen LogP contribution in [0.4, 0.5) is 0 Å². The van der Waals surface area contributed by atoms with Crippen LogP contribution >= 0.6 is 0 Å². The predicted molar refractivity (Wildman–Crippen MR) is 182 cm³/mol. The Balaban J connectivity index is 1.28. The molecule has 12 nitrogen and oxygen atoms in total. The molecule has 3 aromatic carbocycles. The largest absolute Gasteiger partial charge is 0.496 e. The number of rotatable bonds is 4. The molecule has 3 amide bonds. The molecule has 0 unspecified atom stereocenters. The summed E-state index contributed by atoms with van der Waals surface area (Å²) in [6.45, 7) is 4.59. The number of hydrogen-bond donors (Lipinski definition) is 2. The average Bonchev–Trinajstić information content (AvgIpc) is 3.10. The van der Waals surface area contributed by atoms with Gasteiger partial charge in [-0.2, -0.15) is 4.98 Å². The molecule has 7 rings (SSSR count). The Morgan fingerprint density at radius 1 is 0.980 bits per heavy atom. The van der Waals surface area contributed by atoms with Crippen LogP contribution in [0.5, 0.6) is 17.2 Å². The molecule has 4 heterocycles. The first-order valence-corrected chi connectivity index (χ1v) is 16.2. The van der Waals surface area contributed by atoms with Crippen LogP contribution in [-0.4, -0.2) is 71.1 Å². The second-order valence-corrected chi connectivity index (χ2v) is 12.2. The van der Waals surface area contributed by atoms with E-state index in [0.717, 1.165) is 16.8 Å². The molecular formula is C37H39N5O7. The van der Waals surface area contributed by atoms with E-state index in [-0.39, 0.29) is 49.5 Å². The topological polar surface area (TPSA) is 141 Å². The van der Waals surface area contributed by atoms with Crippen LogP contribution in [0.3, 0.4) is 0 Å². The number of amides is 3. The summed E-state index contributed by atoms with van der Waals surface area (Å²) < 4.78 is 19.3. The van der Waals surface area contributed by atoms with Crippen molar-refractivity contribution >= 4 is 17.7 Å². The van der Waals surface area contributed by atoms with E-state index in [9.17, 15) is 19.2 Å². The molecule has 2 N–H and O–H groups in total. The second kappa shape index (κ2) is 14.6. The van der Waals surface area contributed by atoms with Gasteiger partial charge in [0.2, 0.25) is 5.91 Å².